The fourth-order valence-electron chi connectivity index (χ4n) is 3.60. The van der Waals surface area contributed by atoms with Crippen LogP contribution in [-0.2, 0) is 0 Å². The average Bonchev–Trinajstić information content (AvgIpc) is 2.97. The third-order valence-electron chi connectivity index (χ3n) is 4.61. The third-order valence-corrected chi connectivity index (χ3v) is 4.61. The summed E-state index contributed by atoms with van der Waals surface area (Å²) in [5, 5.41) is 4.92. The number of pyridine rings is 1. The number of aromatic nitrogens is 1. The molecule has 1 N–H and O–H groups in total. The van der Waals surface area contributed by atoms with Gasteiger partial charge in [-0.05, 0) is 56.4 Å². The van der Waals surface area contributed by atoms with E-state index in [1.807, 2.05) is 0 Å². The largest absolute Gasteiger partial charge is 0.384 e. The number of nitrogens with one attached hydrogen (secondary N) is 1. The molecule has 1 aliphatic rings. The summed E-state index contributed by atoms with van der Waals surface area (Å²) in [7, 11) is 0. The van der Waals surface area contributed by atoms with Gasteiger partial charge >= 0.3 is 0 Å². The van der Waals surface area contributed by atoms with Gasteiger partial charge in [-0.1, -0.05) is 25.8 Å². The zero-order valence-electron chi connectivity index (χ0n) is 13.5. The van der Waals surface area contributed by atoms with Crippen LogP contribution in [0.5, 0.6) is 0 Å². The number of benzene rings is 1. The van der Waals surface area contributed by atoms with Crippen molar-refractivity contribution in [2.24, 2.45) is 0 Å². The molecule has 0 aliphatic heterocycles. The van der Waals surface area contributed by atoms with Gasteiger partial charge in [-0.25, -0.2) is 0 Å². The fraction of sp³-hybridized carbons (Fsp3) is 0.526. The van der Waals surface area contributed by atoms with Crippen molar-refractivity contribution in [3.05, 3.63) is 35.0 Å². The first-order valence-electron chi connectivity index (χ1n) is 8.35. The Bertz CT molecular complexity index is 640. The fourth-order valence-corrected chi connectivity index (χ4v) is 3.60. The molecule has 0 bridgehead atoms. The molecule has 1 saturated carbocycles. The number of rotatable bonds is 4. The van der Waals surface area contributed by atoms with Gasteiger partial charge in [0.2, 0.25) is 0 Å². The lowest BCUT2D eigenvalue weighted by Gasteiger charge is -2.16. The van der Waals surface area contributed by atoms with E-state index in [2.05, 4.69) is 44.3 Å². The Labute approximate surface area is 128 Å². The van der Waals surface area contributed by atoms with Crippen LogP contribution in [0.3, 0.4) is 0 Å². The number of hydrogen-bond donors (Lipinski definition) is 1. The molecule has 1 aromatic heterocycles. The first kappa shape index (κ1) is 14.4. The summed E-state index contributed by atoms with van der Waals surface area (Å²) in [5.74, 6) is 0.664. The maximum atomic E-state index is 5.01. The monoisotopic (exact) mass is 282 g/mol. The van der Waals surface area contributed by atoms with Crippen LogP contribution in [0.25, 0.3) is 10.9 Å². The van der Waals surface area contributed by atoms with E-state index in [0.29, 0.717) is 5.92 Å². The van der Waals surface area contributed by atoms with Crippen LogP contribution in [-0.4, -0.2) is 11.5 Å². The Balaban J connectivity index is 2.13. The molecule has 21 heavy (non-hydrogen) atoms. The van der Waals surface area contributed by atoms with Gasteiger partial charge in [0.25, 0.3) is 0 Å². The molecule has 3 rings (SSSR count). The molecule has 1 aliphatic carbocycles. The molecule has 2 nitrogen and oxygen atoms in total. The molecule has 1 fully saturated rings. The Kier molecular flexibility index (Phi) is 4.14. The van der Waals surface area contributed by atoms with Crippen molar-refractivity contribution in [1.82, 2.24) is 4.98 Å². The molecule has 1 heterocycles. The van der Waals surface area contributed by atoms with Crippen molar-refractivity contribution >= 4 is 16.6 Å². The molecule has 2 heteroatoms. The number of hydrogen-bond acceptors (Lipinski definition) is 2. The molecular formula is C19H26N2. The minimum Gasteiger partial charge on any atom is -0.384 e. The van der Waals surface area contributed by atoms with Gasteiger partial charge < -0.3 is 5.32 Å². The zero-order chi connectivity index (χ0) is 14.8. The molecule has 0 atom stereocenters. The van der Waals surface area contributed by atoms with E-state index in [9.17, 15) is 0 Å². The Hall–Kier alpha value is -1.57. The molecule has 2 aromatic rings. The molecule has 0 spiro atoms. The maximum Gasteiger partial charge on any atom is 0.0731 e. The first-order valence-corrected chi connectivity index (χ1v) is 8.35. The molecule has 1 aromatic carbocycles. The normalized spacial score (nSPS) is 15.8. The molecular weight excluding hydrogens is 256 g/mol. The van der Waals surface area contributed by atoms with E-state index in [4.69, 9.17) is 4.98 Å². The predicted molar refractivity (Wildman–Crippen MR) is 91.2 cm³/mol. The highest BCUT2D eigenvalue weighted by Gasteiger charge is 2.20. The number of aryl methyl sites for hydroxylation is 2. The third kappa shape index (κ3) is 2.90. The van der Waals surface area contributed by atoms with E-state index >= 15 is 0 Å². The van der Waals surface area contributed by atoms with E-state index in [1.165, 1.54) is 53.6 Å². The number of nitrogens with zero attached hydrogens (tertiary/aromatic N) is 1. The molecule has 0 saturated heterocycles. The molecule has 0 radical (unpaired) electrons. The van der Waals surface area contributed by atoms with E-state index in [1.54, 1.807) is 0 Å². The van der Waals surface area contributed by atoms with E-state index in [-0.39, 0.29) is 0 Å². The minimum absolute atomic E-state index is 0.664. The molecule has 112 valence electrons. The van der Waals surface area contributed by atoms with Crippen molar-refractivity contribution in [1.29, 1.82) is 0 Å². The summed E-state index contributed by atoms with van der Waals surface area (Å²) >= 11 is 0. The summed E-state index contributed by atoms with van der Waals surface area (Å²) < 4.78 is 0. The highest BCUT2D eigenvalue weighted by atomic mass is 14.9. The van der Waals surface area contributed by atoms with Crippen LogP contribution in [0, 0.1) is 13.8 Å². The lowest BCUT2D eigenvalue weighted by atomic mass is 9.98. The predicted octanol–water partition coefficient (Wildman–Crippen LogP) is 5.33. The van der Waals surface area contributed by atoms with Gasteiger partial charge in [0.05, 0.1) is 5.52 Å². The second-order valence-corrected chi connectivity index (χ2v) is 6.48. The van der Waals surface area contributed by atoms with Crippen molar-refractivity contribution in [3.63, 3.8) is 0 Å². The average molecular weight is 282 g/mol. The van der Waals surface area contributed by atoms with Gasteiger partial charge in [-0.2, -0.15) is 0 Å². The van der Waals surface area contributed by atoms with Gasteiger partial charge in [0.1, 0.15) is 0 Å². The Morgan fingerprint density at radius 1 is 1.14 bits per heavy atom. The zero-order valence-corrected chi connectivity index (χ0v) is 13.5. The van der Waals surface area contributed by atoms with Gasteiger partial charge in [-0.3, -0.25) is 4.98 Å². The van der Waals surface area contributed by atoms with Crippen LogP contribution in [0.4, 0.5) is 5.69 Å². The first-order chi connectivity index (χ1) is 10.2. The SMILES string of the molecule is CCCNc1cc(C2CCCC2)nc2cc(C)cc(C)c12. The Morgan fingerprint density at radius 3 is 2.62 bits per heavy atom. The van der Waals surface area contributed by atoms with Gasteiger partial charge in [0.15, 0.2) is 0 Å². The summed E-state index contributed by atoms with van der Waals surface area (Å²) in [6, 6.07) is 6.81. The lowest BCUT2D eigenvalue weighted by Crippen LogP contribution is -2.05. The highest BCUT2D eigenvalue weighted by Crippen LogP contribution is 2.37. The van der Waals surface area contributed by atoms with E-state index in [0.717, 1.165) is 18.5 Å². The van der Waals surface area contributed by atoms with Gasteiger partial charge in [0, 0.05) is 29.2 Å². The standard InChI is InChI=1S/C19H26N2/c1-4-9-20-17-12-16(15-7-5-6-8-15)21-18-11-13(2)10-14(3)19(17)18/h10-12,15H,4-9H2,1-3H3,(H,20,21). The lowest BCUT2D eigenvalue weighted by molar-refractivity contribution is 0.701. The Morgan fingerprint density at radius 2 is 1.90 bits per heavy atom. The van der Waals surface area contributed by atoms with Crippen LogP contribution < -0.4 is 5.32 Å². The van der Waals surface area contributed by atoms with Crippen LogP contribution in [0.1, 0.15) is 61.8 Å². The van der Waals surface area contributed by atoms with Gasteiger partial charge in [-0.15, -0.1) is 0 Å². The summed E-state index contributed by atoms with van der Waals surface area (Å²) in [6.45, 7) is 7.60. The van der Waals surface area contributed by atoms with Crippen molar-refractivity contribution < 1.29 is 0 Å². The second kappa shape index (κ2) is 6.05. The summed E-state index contributed by atoms with van der Waals surface area (Å²) in [6.07, 6.45) is 6.46. The summed E-state index contributed by atoms with van der Waals surface area (Å²) in [4.78, 5) is 5.01. The smallest absolute Gasteiger partial charge is 0.0731 e. The molecule has 0 amide bonds. The van der Waals surface area contributed by atoms with Crippen LogP contribution in [0.2, 0.25) is 0 Å². The highest BCUT2D eigenvalue weighted by molar-refractivity contribution is 5.94. The second-order valence-electron chi connectivity index (χ2n) is 6.48. The van der Waals surface area contributed by atoms with Crippen molar-refractivity contribution in [2.45, 2.75) is 58.8 Å². The van der Waals surface area contributed by atoms with Crippen LogP contribution in [0.15, 0.2) is 18.2 Å². The van der Waals surface area contributed by atoms with Crippen LogP contribution >= 0.6 is 0 Å². The quantitative estimate of drug-likeness (QED) is 0.819. The number of fused-ring (bicyclic) bond motifs is 1. The van der Waals surface area contributed by atoms with Crippen molar-refractivity contribution in [3.8, 4) is 0 Å². The summed E-state index contributed by atoms with van der Waals surface area (Å²) in [5.41, 5.74) is 6.37. The minimum atomic E-state index is 0.664. The van der Waals surface area contributed by atoms with Crippen molar-refractivity contribution in [2.75, 3.05) is 11.9 Å². The topological polar surface area (TPSA) is 24.9 Å². The van der Waals surface area contributed by atoms with E-state index < -0.39 is 0 Å². The maximum absolute atomic E-state index is 5.01. The number of anilines is 1. The molecule has 0 unspecified atom stereocenters.